The molecule has 1 aromatic heterocycles. The molecule has 0 N–H and O–H groups in total. The Morgan fingerprint density at radius 2 is 1.26 bits per heavy atom. The minimum absolute atomic E-state index is 1.02. The molecular formula is C29H26N2. The number of pyridine rings is 1. The molecule has 0 unspecified atom stereocenters. The second kappa shape index (κ2) is 7.09. The molecule has 152 valence electrons. The minimum Gasteiger partial charge on any atom is -0.378 e. The second-order valence-corrected chi connectivity index (χ2v) is 8.89. The summed E-state index contributed by atoms with van der Waals surface area (Å²) >= 11 is 0. The Balaban J connectivity index is 1.65. The third kappa shape index (κ3) is 2.90. The molecule has 0 bridgehead atoms. The van der Waals surface area contributed by atoms with Gasteiger partial charge in [-0.3, -0.25) is 4.98 Å². The Kier molecular flexibility index (Phi) is 4.21. The minimum atomic E-state index is 1.02. The first-order valence-corrected chi connectivity index (χ1v) is 11.2. The van der Waals surface area contributed by atoms with E-state index in [1.165, 1.54) is 55.9 Å². The SMILES string of the molecule is CN(C)c1ccc(-c2nc3c(c4c2-c2ccccc2CC4)-c2ccccc2CC3)cc1. The molecule has 1 heterocycles. The zero-order chi connectivity index (χ0) is 20.9. The van der Waals surface area contributed by atoms with Crippen molar-refractivity contribution in [2.24, 2.45) is 0 Å². The Labute approximate surface area is 184 Å². The summed E-state index contributed by atoms with van der Waals surface area (Å²) in [6.45, 7) is 0. The van der Waals surface area contributed by atoms with Crippen molar-refractivity contribution in [3.05, 3.63) is 95.2 Å². The first-order valence-electron chi connectivity index (χ1n) is 11.2. The molecule has 0 amide bonds. The number of hydrogen-bond donors (Lipinski definition) is 0. The van der Waals surface area contributed by atoms with Crippen molar-refractivity contribution in [3.63, 3.8) is 0 Å². The Morgan fingerprint density at radius 3 is 1.94 bits per heavy atom. The van der Waals surface area contributed by atoms with Gasteiger partial charge >= 0.3 is 0 Å². The highest BCUT2D eigenvalue weighted by Gasteiger charge is 2.29. The summed E-state index contributed by atoms with van der Waals surface area (Å²) in [6.07, 6.45) is 4.27. The molecule has 0 aliphatic heterocycles. The number of hydrogen-bond acceptors (Lipinski definition) is 2. The Morgan fingerprint density at radius 1 is 0.645 bits per heavy atom. The predicted molar refractivity (Wildman–Crippen MR) is 130 cm³/mol. The smallest absolute Gasteiger partial charge is 0.0786 e. The van der Waals surface area contributed by atoms with Crippen molar-refractivity contribution in [1.82, 2.24) is 4.98 Å². The molecule has 0 spiro atoms. The lowest BCUT2D eigenvalue weighted by Crippen LogP contribution is -2.15. The van der Waals surface area contributed by atoms with E-state index < -0.39 is 0 Å². The summed E-state index contributed by atoms with van der Waals surface area (Å²) in [4.78, 5) is 7.50. The van der Waals surface area contributed by atoms with Crippen LogP contribution in [0.5, 0.6) is 0 Å². The molecule has 0 atom stereocenters. The fraction of sp³-hybridized carbons (Fsp3) is 0.207. The number of fused-ring (bicyclic) bond motifs is 7. The molecular weight excluding hydrogens is 376 g/mol. The third-order valence-corrected chi connectivity index (χ3v) is 6.88. The molecule has 31 heavy (non-hydrogen) atoms. The summed E-state index contributed by atoms with van der Waals surface area (Å²) in [5.41, 5.74) is 14.7. The fourth-order valence-corrected chi connectivity index (χ4v) is 5.33. The first kappa shape index (κ1) is 18.4. The maximum atomic E-state index is 5.36. The number of aromatic nitrogens is 1. The molecule has 2 nitrogen and oxygen atoms in total. The van der Waals surface area contributed by atoms with Crippen LogP contribution in [-0.2, 0) is 25.7 Å². The van der Waals surface area contributed by atoms with E-state index >= 15 is 0 Å². The molecule has 0 saturated heterocycles. The largest absolute Gasteiger partial charge is 0.378 e. The first-order chi connectivity index (χ1) is 15.2. The lowest BCUT2D eigenvalue weighted by Gasteiger charge is -2.30. The van der Waals surface area contributed by atoms with Crippen LogP contribution in [0.25, 0.3) is 33.5 Å². The number of benzene rings is 3. The number of aryl methyl sites for hydroxylation is 3. The topological polar surface area (TPSA) is 16.1 Å². The summed E-state index contributed by atoms with van der Waals surface area (Å²) in [5.74, 6) is 0. The maximum absolute atomic E-state index is 5.36. The highest BCUT2D eigenvalue weighted by Crippen LogP contribution is 2.47. The van der Waals surface area contributed by atoms with E-state index in [9.17, 15) is 0 Å². The van der Waals surface area contributed by atoms with E-state index in [0.29, 0.717) is 0 Å². The third-order valence-electron chi connectivity index (χ3n) is 6.88. The summed E-state index contributed by atoms with van der Waals surface area (Å²) in [7, 11) is 4.17. The van der Waals surface area contributed by atoms with Crippen LogP contribution in [0.3, 0.4) is 0 Å². The van der Waals surface area contributed by atoms with E-state index in [2.05, 4.69) is 91.8 Å². The van der Waals surface area contributed by atoms with Gasteiger partial charge in [0.15, 0.2) is 0 Å². The van der Waals surface area contributed by atoms with E-state index in [1.807, 2.05) is 0 Å². The molecule has 2 aliphatic carbocycles. The van der Waals surface area contributed by atoms with Gasteiger partial charge in [0.1, 0.15) is 0 Å². The van der Waals surface area contributed by atoms with Crippen LogP contribution in [0, 0.1) is 0 Å². The van der Waals surface area contributed by atoms with Gasteiger partial charge in [-0.05, 0) is 65.6 Å². The quantitative estimate of drug-likeness (QED) is 0.389. The normalized spacial score (nSPS) is 13.6. The highest BCUT2D eigenvalue weighted by atomic mass is 15.1. The van der Waals surface area contributed by atoms with Gasteiger partial charge < -0.3 is 4.90 Å². The van der Waals surface area contributed by atoms with Gasteiger partial charge in [0.2, 0.25) is 0 Å². The zero-order valence-electron chi connectivity index (χ0n) is 18.2. The van der Waals surface area contributed by atoms with Crippen LogP contribution >= 0.6 is 0 Å². The summed E-state index contributed by atoms with van der Waals surface area (Å²) < 4.78 is 0. The molecule has 4 aromatic rings. The number of anilines is 1. The average molecular weight is 403 g/mol. The van der Waals surface area contributed by atoms with Gasteiger partial charge in [-0.25, -0.2) is 0 Å². The fourth-order valence-electron chi connectivity index (χ4n) is 5.33. The van der Waals surface area contributed by atoms with E-state index in [1.54, 1.807) is 0 Å². The van der Waals surface area contributed by atoms with Crippen molar-refractivity contribution in [1.29, 1.82) is 0 Å². The van der Waals surface area contributed by atoms with Gasteiger partial charge in [0.25, 0.3) is 0 Å². The van der Waals surface area contributed by atoms with Crippen molar-refractivity contribution in [2.75, 3.05) is 19.0 Å². The van der Waals surface area contributed by atoms with E-state index in [0.717, 1.165) is 31.4 Å². The number of rotatable bonds is 2. The van der Waals surface area contributed by atoms with Crippen molar-refractivity contribution in [3.8, 4) is 33.5 Å². The van der Waals surface area contributed by atoms with Crippen molar-refractivity contribution >= 4 is 5.69 Å². The van der Waals surface area contributed by atoms with Crippen LogP contribution in [-0.4, -0.2) is 19.1 Å². The van der Waals surface area contributed by atoms with Crippen LogP contribution in [0.4, 0.5) is 5.69 Å². The van der Waals surface area contributed by atoms with Crippen molar-refractivity contribution in [2.45, 2.75) is 25.7 Å². The predicted octanol–water partition coefficient (Wildman–Crippen LogP) is 6.35. The standard InChI is InChI=1S/C29H26N2/c1-31(2)22-15-11-21(12-16-22)29-28-24-10-6-4-7-19(24)13-17-25(28)27-23-9-5-3-8-20(23)14-18-26(27)30-29/h3-12,15-16H,13-14,17-18H2,1-2H3. The molecule has 2 aliphatic rings. The van der Waals surface area contributed by atoms with Gasteiger partial charge in [0.05, 0.1) is 5.69 Å². The molecule has 0 fully saturated rings. The van der Waals surface area contributed by atoms with Crippen LogP contribution in [0.1, 0.15) is 22.4 Å². The Bertz CT molecular complexity index is 1300. The van der Waals surface area contributed by atoms with Gasteiger partial charge in [-0.15, -0.1) is 0 Å². The Hall–Kier alpha value is -3.39. The molecule has 6 rings (SSSR count). The van der Waals surface area contributed by atoms with Crippen LogP contribution in [0.15, 0.2) is 72.8 Å². The van der Waals surface area contributed by atoms with Crippen LogP contribution in [0.2, 0.25) is 0 Å². The van der Waals surface area contributed by atoms with E-state index in [-0.39, 0.29) is 0 Å². The van der Waals surface area contributed by atoms with Gasteiger partial charge in [0, 0.05) is 42.2 Å². The maximum Gasteiger partial charge on any atom is 0.0786 e. The lowest BCUT2D eigenvalue weighted by atomic mass is 9.76. The second-order valence-electron chi connectivity index (χ2n) is 8.89. The molecule has 0 saturated carbocycles. The number of nitrogens with zero attached hydrogens (tertiary/aromatic N) is 2. The van der Waals surface area contributed by atoms with E-state index in [4.69, 9.17) is 4.98 Å². The van der Waals surface area contributed by atoms with Gasteiger partial charge in [-0.1, -0.05) is 60.7 Å². The average Bonchev–Trinajstić information content (AvgIpc) is 2.83. The monoisotopic (exact) mass is 402 g/mol. The molecule has 3 aromatic carbocycles. The van der Waals surface area contributed by atoms with Crippen LogP contribution < -0.4 is 4.90 Å². The molecule has 0 radical (unpaired) electrons. The lowest BCUT2D eigenvalue weighted by molar-refractivity contribution is 0.871. The van der Waals surface area contributed by atoms with Gasteiger partial charge in [-0.2, -0.15) is 0 Å². The zero-order valence-corrected chi connectivity index (χ0v) is 18.2. The van der Waals surface area contributed by atoms with Crippen molar-refractivity contribution < 1.29 is 0 Å². The summed E-state index contributed by atoms with van der Waals surface area (Å²) in [6, 6.07) is 26.7. The highest BCUT2D eigenvalue weighted by molar-refractivity contribution is 5.92. The summed E-state index contributed by atoms with van der Waals surface area (Å²) in [5, 5.41) is 0. The molecule has 2 heteroatoms.